The van der Waals surface area contributed by atoms with Crippen LogP contribution in [0.1, 0.15) is 5.56 Å². The summed E-state index contributed by atoms with van der Waals surface area (Å²) in [6.07, 6.45) is 0.419. The second-order valence-corrected chi connectivity index (χ2v) is 3.86. The van der Waals surface area contributed by atoms with Crippen molar-refractivity contribution in [3.8, 4) is 11.5 Å². The van der Waals surface area contributed by atoms with Crippen molar-refractivity contribution in [2.45, 2.75) is 12.5 Å². The Bertz CT molecular complexity index is 419. The average Bonchev–Trinajstić information content (AvgIpc) is 2.35. The fraction of sp³-hybridized carbons (Fsp3) is 0.417. The third-order valence-electron chi connectivity index (χ3n) is 2.69. The van der Waals surface area contributed by atoms with Gasteiger partial charge in [-0.3, -0.25) is 4.79 Å². The van der Waals surface area contributed by atoms with Crippen LogP contribution in [0.2, 0.25) is 0 Å². The summed E-state index contributed by atoms with van der Waals surface area (Å²) in [5, 5.41) is 11.7. The molecule has 1 heterocycles. The molecule has 0 fully saturated rings. The molecule has 2 rings (SSSR count). The normalized spacial score (nSPS) is 15.4. The molecule has 0 unspecified atom stereocenters. The van der Waals surface area contributed by atoms with Crippen molar-refractivity contribution in [2.75, 3.05) is 20.3 Å². The van der Waals surface area contributed by atoms with Crippen LogP contribution in [0, 0.1) is 0 Å². The maximum Gasteiger partial charge on any atom is 0.321 e. The van der Waals surface area contributed by atoms with Gasteiger partial charge in [0, 0.05) is 0 Å². The number of fused-ring (bicyclic) bond motifs is 1. The van der Waals surface area contributed by atoms with Gasteiger partial charge in [-0.1, -0.05) is 6.07 Å². The number of rotatable bonds is 4. The third-order valence-corrected chi connectivity index (χ3v) is 2.69. The molecule has 92 valence electrons. The van der Waals surface area contributed by atoms with Crippen LogP contribution in [0.15, 0.2) is 18.2 Å². The van der Waals surface area contributed by atoms with E-state index in [1.54, 1.807) is 7.05 Å². The lowest BCUT2D eigenvalue weighted by Gasteiger charge is -2.19. The number of benzene rings is 1. The van der Waals surface area contributed by atoms with Crippen LogP contribution in [-0.2, 0) is 11.2 Å². The molecule has 17 heavy (non-hydrogen) atoms. The van der Waals surface area contributed by atoms with Gasteiger partial charge in [0.2, 0.25) is 0 Å². The number of nitrogens with one attached hydrogen (secondary N) is 1. The first kappa shape index (κ1) is 11.7. The highest BCUT2D eigenvalue weighted by molar-refractivity contribution is 5.73. The summed E-state index contributed by atoms with van der Waals surface area (Å²) >= 11 is 0. The lowest BCUT2D eigenvalue weighted by atomic mass is 10.1. The fourth-order valence-corrected chi connectivity index (χ4v) is 1.76. The molecule has 0 amide bonds. The third kappa shape index (κ3) is 2.68. The first-order valence-corrected chi connectivity index (χ1v) is 5.49. The van der Waals surface area contributed by atoms with E-state index in [9.17, 15) is 4.79 Å². The summed E-state index contributed by atoms with van der Waals surface area (Å²) in [5.74, 6) is 0.549. The monoisotopic (exact) mass is 237 g/mol. The van der Waals surface area contributed by atoms with Gasteiger partial charge in [0.05, 0.1) is 0 Å². The number of carbonyl (C=O) groups is 1. The van der Waals surface area contributed by atoms with Crippen molar-refractivity contribution in [3.63, 3.8) is 0 Å². The maximum absolute atomic E-state index is 10.9. The molecule has 1 atom stereocenters. The van der Waals surface area contributed by atoms with Gasteiger partial charge in [-0.05, 0) is 31.2 Å². The van der Waals surface area contributed by atoms with Crippen molar-refractivity contribution in [3.05, 3.63) is 23.8 Å². The van der Waals surface area contributed by atoms with Gasteiger partial charge in [0.25, 0.3) is 0 Å². The predicted molar refractivity (Wildman–Crippen MR) is 61.6 cm³/mol. The lowest BCUT2D eigenvalue weighted by molar-refractivity contribution is -0.139. The van der Waals surface area contributed by atoms with Gasteiger partial charge in [0.15, 0.2) is 11.5 Å². The molecule has 1 aliphatic rings. The Kier molecular flexibility index (Phi) is 3.49. The van der Waals surface area contributed by atoms with Gasteiger partial charge >= 0.3 is 5.97 Å². The molecule has 1 aromatic carbocycles. The summed E-state index contributed by atoms with van der Waals surface area (Å²) in [4.78, 5) is 10.9. The highest BCUT2D eigenvalue weighted by Gasteiger charge is 2.17. The SMILES string of the molecule is CN[C@@H](Cc1ccc2c(c1)OCCO2)C(=O)O. The average molecular weight is 237 g/mol. The summed E-state index contributed by atoms with van der Waals surface area (Å²) in [6.45, 7) is 1.09. The molecular weight excluding hydrogens is 222 g/mol. The summed E-state index contributed by atoms with van der Waals surface area (Å²) in [7, 11) is 1.64. The minimum Gasteiger partial charge on any atom is -0.486 e. The van der Waals surface area contributed by atoms with Crippen LogP contribution < -0.4 is 14.8 Å². The molecule has 1 aliphatic heterocycles. The lowest BCUT2D eigenvalue weighted by Crippen LogP contribution is -2.35. The predicted octanol–water partition coefficient (Wildman–Crippen LogP) is 0.673. The van der Waals surface area contributed by atoms with Gasteiger partial charge < -0.3 is 19.9 Å². The van der Waals surface area contributed by atoms with E-state index in [1.807, 2.05) is 18.2 Å². The minimum absolute atomic E-state index is 0.419. The van der Waals surface area contributed by atoms with Crippen molar-refractivity contribution in [1.29, 1.82) is 0 Å². The van der Waals surface area contributed by atoms with Crippen LogP contribution in [0.5, 0.6) is 11.5 Å². The van der Waals surface area contributed by atoms with E-state index in [2.05, 4.69) is 5.32 Å². The molecule has 2 N–H and O–H groups in total. The van der Waals surface area contributed by atoms with Gasteiger partial charge in [-0.2, -0.15) is 0 Å². The zero-order valence-corrected chi connectivity index (χ0v) is 9.60. The Morgan fingerprint density at radius 3 is 2.76 bits per heavy atom. The number of hydrogen-bond donors (Lipinski definition) is 2. The highest BCUT2D eigenvalue weighted by atomic mass is 16.6. The zero-order valence-electron chi connectivity index (χ0n) is 9.60. The van der Waals surface area contributed by atoms with E-state index < -0.39 is 12.0 Å². The number of carboxylic acid groups (broad SMARTS) is 1. The summed E-state index contributed by atoms with van der Waals surface area (Å²) in [5.41, 5.74) is 0.913. The Hall–Kier alpha value is -1.75. The van der Waals surface area contributed by atoms with E-state index in [0.29, 0.717) is 25.4 Å². The Morgan fingerprint density at radius 1 is 1.41 bits per heavy atom. The second kappa shape index (κ2) is 5.05. The Balaban J connectivity index is 2.14. The topological polar surface area (TPSA) is 67.8 Å². The van der Waals surface area contributed by atoms with Crippen LogP contribution in [0.25, 0.3) is 0 Å². The summed E-state index contributed by atoms with van der Waals surface area (Å²) < 4.78 is 10.8. The number of carboxylic acids is 1. The molecule has 0 radical (unpaired) electrons. The van der Waals surface area contributed by atoms with Crippen molar-refractivity contribution < 1.29 is 19.4 Å². The highest BCUT2D eigenvalue weighted by Crippen LogP contribution is 2.31. The summed E-state index contributed by atoms with van der Waals surface area (Å²) in [6, 6.07) is 4.93. The minimum atomic E-state index is -0.859. The molecule has 0 aromatic heterocycles. The van der Waals surface area contributed by atoms with E-state index in [0.717, 1.165) is 11.3 Å². The largest absolute Gasteiger partial charge is 0.486 e. The molecule has 0 saturated carbocycles. The van der Waals surface area contributed by atoms with Gasteiger partial charge in [-0.15, -0.1) is 0 Å². The quantitative estimate of drug-likeness (QED) is 0.805. The number of ether oxygens (including phenoxy) is 2. The van der Waals surface area contributed by atoms with Crippen LogP contribution in [0.3, 0.4) is 0 Å². The van der Waals surface area contributed by atoms with Crippen molar-refractivity contribution >= 4 is 5.97 Å². The molecule has 0 bridgehead atoms. The Morgan fingerprint density at radius 2 is 2.12 bits per heavy atom. The number of likely N-dealkylation sites (N-methyl/N-ethyl adjacent to an activating group) is 1. The molecule has 0 saturated heterocycles. The van der Waals surface area contributed by atoms with Crippen molar-refractivity contribution in [1.82, 2.24) is 5.32 Å². The molecule has 5 heteroatoms. The van der Waals surface area contributed by atoms with Crippen LogP contribution in [0.4, 0.5) is 0 Å². The van der Waals surface area contributed by atoms with Crippen LogP contribution in [-0.4, -0.2) is 37.4 Å². The van der Waals surface area contributed by atoms with E-state index in [-0.39, 0.29) is 0 Å². The molecular formula is C12H15NO4. The van der Waals surface area contributed by atoms with E-state index >= 15 is 0 Å². The van der Waals surface area contributed by atoms with Crippen molar-refractivity contribution in [2.24, 2.45) is 0 Å². The number of hydrogen-bond acceptors (Lipinski definition) is 4. The Labute approximate surface area is 99.3 Å². The molecule has 0 aliphatic carbocycles. The first-order valence-electron chi connectivity index (χ1n) is 5.49. The molecule has 5 nitrogen and oxygen atoms in total. The first-order chi connectivity index (χ1) is 8.20. The zero-order chi connectivity index (χ0) is 12.3. The second-order valence-electron chi connectivity index (χ2n) is 3.86. The standard InChI is InChI=1S/C12H15NO4/c1-13-9(12(14)15)6-8-2-3-10-11(7-8)17-5-4-16-10/h2-3,7,9,13H,4-6H2,1H3,(H,14,15)/t9-/m0/s1. The van der Waals surface area contributed by atoms with E-state index in [4.69, 9.17) is 14.6 Å². The van der Waals surface area contributed by atoms with Gasteiger partial charge in [-0.25, -0.2) is 0 Å². The van der Waals surface area contributed by atoms with Gasteiger partial charge in [0.1, 0.15) is 19.3 Å². The molecule has 1 aromatic rings. The van der Waals surface area contributed by atoms with Crippen LogP contribution >= 0.6 is 0 Å². The molecule has 0 spiro atoms. The van der Waals surface area contributed by atoms with E-state index in [1.165, 1.54) is 0 Å². The maximum atomic E-state index is 10.9. The smallest absolute Gasteiger partial charge is 0.321 e. The fourth-order valence-electron chi connectivity index (χ4n) is 1.76. The number of aliphatic carboxylic acids is 1.